The fourth-order valence-corrected chi connectivity index (χ4v) is 1.35. The first-order valence-corrected chi connectivity index (χ1v) is 5.03. The minimum atomic E-state index is -5.66. The molecule has 7 heteroatoms. The van der Waals surface area contributed by atoms with E-state index in [-0.39, 0.29) is 0 Å². The third-order valence-electron chi connectivity index (χ3n) is 2.18. The van der Waals surface area contributed by atoms with Gasteiger partial charge in [0.15, 0.2) is 5.78 Å². The predicted molar refractivity (Wildman–Crippen MR) is 56.1 cm³/mol. The highest BCUT2D eigenvalue weighted by molar-refractivity contribution is 5.96. The number of allylic oxidation sites excluding steroid dienone is 1. The molecule has 0 bridgehead atoms. The van der Waals surface area contributed by atoms with E-state index in [9.17, 15) is 31.1 Å². The van der Waals surface area contributed by atoms with Gasteiger partial charge in [-0.1, -0.05) is 36.4 Å². The molecule has 0 saturated heterocycles. The van der Waals surface area contributed by atoms with Crippen LogP contribution in [0, 0.1) is 5.92 Å². The number of hydrogen-bond acceptors (Lipinski definition) is 1. The van der Waals surface area contributed by atoms with Gasteiger partial charge in [-0.2, -0.15) is 26.3 Å². The van der Waals surface area contributed by atoms with Gasteiger partial charge in [-0.25, -0.2) is 0 Å². The third kappa shape index (κ3) is 4.42. The van der Waals surface area contributed by atoms with E-state index in [1.54, 1.807) is 6.07 Å². The van der Waals surface area contributed by atoms with Gasteiger partial charge in [0.25, 0.3) is 0 Å². The molecule has 0 aliphatic carbocycles. The van der Waals surface area contributed by atoms with Gasteiger partial charge < -0.3 is 0 Å². The van der Waals surface area contributed by atoms with E-state index >= 15 is 0 Å². The van der Waals surface area contributed by atoms with Gasteiger partial charge >= 0.3 is 12.4 Å². The molecule has 0 amide bonds. The molecule has 1 aromatic rings. The topological polar surface area (TPSA) is 17.1 Å². The van der Waals surface area contributed by atoms with E-state index in [0.29, 0.717) is 11.6 Å². The van der Waals surface area contributed by atoms with Crippen LogP contribution in [0.15, 0.2) is 36.4 Å². The number of hydrogen-bond donors (Lipinski definition) is 0. The van der Waals surface area contributed by atoms with Crippen LogP contribution < -0.4 is 0 Å². The molecular weight excluding hydrogens is 274 g/mol. The van der Waals surface area contributed by atoms with Crippen LogP contribution in [0.4, 0.5) is 26.3 Å². The molecule has 0 aliphatic heterocycles. The Kier molecular flexibility index (Phi) is 4.39. The summed E-state index contributed by atoms with van der Waals surface area (Å²) < 4.78 is 73.3. The highest BCUT2D eigenvalue weighted by atomic mass is 19.4. The Morgan fingerprint density at radius 2 is 1.42 bits per heavy atom. The van der Waals surface area contributed by atoms with Crippen LogP contribution in [0.1, 0.15) is 5.56 Å². The third-order valence-corrected chi connectivity index (χ3v) is 2.18. The summed E-state index contributed by atoms with van der Waals surface area (Å²) in [6, 6.07) is 7.58. The average Bonchev–Trinajstić information content (AvgIpc) is 2.24. The monoisotopic (exact) mass is 282 g/mol. The van der Waals surface area contributed by atoms with Gasteiger partial charge in [0.2, 0.25) is 5.92 Å². The second-order valence-electron chi connectivity index (χ2n) is 3.66. The zero-order valence-electron chi connectivity index (χ0n) is 9.29. The Morgan fingerprint density at radius 3 is 1.84 bits per heavy atom. The van der Waals surface area contributed by atoms with Crippen molar-refractivity contribution in [3.8, 4) is 0 Å². The molecule has 1 aromatic carbocycles. The number of alkyl halides is 6. The number of ketones is 1. The van der Waals surface area contributed by atoms with Crippen LogP contribution in [0.5, 0.6) is 0 Å². The molecule has 0 aliphatic rings. The Balaban J connectivity index is 2.94. The summed E-state index contributed by atoms with van der Waals surface area (Å²) in [7, 11) is 0. The van der Waals surface area contributed by atoms with E-state index in [4.69, 9.17) is 0 Å². The van der Waals surface area contributed by atoms with E-state index < -0.39 is 24.1 Å². The quantitative estimate of drug-likeness (QED) is 0.604. The summed E-state index contributed by atoms with van der Waals surface area (Å²) >= 11 is 0. The molecule has 104 valence electrons. The van der Waals surface area contributed by atoms with E-state index in [1.165, 1.54) is 24.3 Å². The van der Waals surface area contributed by atoms with Crippen molar-refractivity contribution in [3.05, 3.63) is 42.0 Å². The first kappa shape index (κ1) is 15.3. The van der Waals surface area contributed by atoms with Gasteiger partial charge in [0, 0.05) is 0 Å². The van der Waals surface area contributed by atoms with Crippen molar-refractivity contribution in [2.75, 3.05) is 0 Å². The molecule has 0 aromatic heterocycles. The van der Waals surface area contributed by atoms with Crippen LogP contribution >= 0.6 is 0 Å². The number of benzene rings is 1. The fourth-order valence-electron chi connectivity index (χ4n) is 1.35. The van der Waals surface area contributed by atoms with E-state index in [1.807, 2.05) is 0 Å². The Bertz CT molecular complexity index is 443. The highest BCUT2D eigenvalue weighted by Crippen LogP contribution is 2.40. The minimum absolute atomic E-state index is 0.293. The van der Waals surface area contributed by atoms with E-state index in [2.05, 4.69) is 0 Å². The Hall–Kier alpha value is -1.79. The second kappa shape index (κ2) is 5.46. The molecule has 1 nitrogen and oxygen atoms in total. The smallest absolute Gasteiger partial charge is 0.294 e. The summed E-state index contributed by atoms with van der Waals surface area (Å²) in [4.78, 5) is 11.1. The summed E-state index contributed by atoms with van der Waals surface area (Å²) in [5.74, 6) is -6.02. The predicted octanol–water partition coefficient (Wildman–Crippen LogP) is 4.01. The first-order chi connectivity index (χ1) is 8.62. The van der Waals surface area contributed by atoms with Gasteiger partial charge in [-0.05, 0) is 11.6 Å². The lowest BCUT2D eigenvalue weighted by molar-refractivity contribution is -0.271. The molecule has 0 atom stereocenters. The zero-order valence-corrected chi connectivity index (χ0v) is 9.29. The minimum Gasteiger partial charge on any atom is -0.294 e. The molecule has 1 rings (SSSR count). The van der Waals surface area contributed by atoms with Crippen LogP contribution in [0.25, 0.3) is 6.08 Å². The Labute approximate surface area is 104 Å². The van der Waals surface area contributed by atoms with Crippen molar-refractivity contribution in [2.45, 2.75) is 12.4 Å². The summed E-state index contributed by atoms with van der Waals surface area (Å²) in [5, 5.41) is 0. The zero-order chi connectivity index (χ0) is 14.7. The molecule has 19 heavy (non-hydrogen) atoms. The second-order valence-corrected chi connectivity index (χ2v) is 3.66. The molecule has 0 radical (unpaired) electrons. The summed E-state index contributed by atoms with van der Waals surface area (Å²) in [6.07, 6.45) is -10.1. The normalized spacial score (nSPS) is 13.2. The van der Waals surface area contributed by atoms with Crippen LogP contribution in [-0.4, -0.2) is 18.1 Å². The van der Waals surface area contributed by atoms with Crippen LogP contribution in [0.3, 0.4) is 0 Å². The molecule has 0 heterocycles. The number of carbonyl (C=O) groups excluding carboxylic acids is 1. The summed E-state index contributed by atoms with van der Waals surface area (Å²) in [6.45, 7) is 0. The lowest BCUT2D eigenvalue weighted by atomic mass is 10.0. The SMILES string of the molecule is O=C(/C=C/c1ccccc1)C(C(F)(F)F)C(F)(F)F. The summed E-state index contributed by atoms with van der Waals surface area (Å²) in [5.41, 5.74) is 0.332. The maximum absolute atomic E-state index is 12.2. The lowest BCUT2D eigenvalue weighted by Crippen LogP contribution is -2.41. The van der Waals surface area contributed by atoms with Gasteiger partial charge in [0.05, 0.1) is 0 Å². The molecule has 0 fully saturated rings. The Morgan fingerprint density at radius 1 is 0.947 bits per heavy atom. The van der Waals surface area contributed by atoms with Crippen molar-refractivity contribution >= 4 is 11.9 Å². The standard InChI is InChI=1S/C12H8F6O/c13-11(14,15)10(12(16,17)18)9(19)7-6-8-4-2-1-3-5-8/h1-7,10H/b7-6+. The van der Waals surface area contributed by atoms with Gasteiger partial charge in [-0.3, -0.25) is 4.79 Å². The van der Waals surface area contributed by atoms with Crippen molar-refractivity contribution < 1.29 is 31.1 Å². The van der Waals surface area contributed by atoms with Crippen LogP contribution in [-0.2, 0) is 4.79 Å². The molecule has 0 saturated carbocycles. The molecule has 0 unspecified atom stereocenters. The van der Waals surface area contributed by atoms with E-state index in [0.717, 1.165) is 6.08 Å². The molecule has 0 N–H and O–H groups in total. The fraction of sp³-hybridized carbons (Fsp3) is 0.250. The lowest BCUT2D eigenvalue weighted by Gasteiger charge is -2.20. The molecule has 0 spiro atoms. The largest absolute Gasteiger partial charge is 0.407 e. The number of halogens is 6. The van der Waals surface area contributed by atoms with Crippen molar-refractivity contribution in [1.82, 2.24) is 0 Å². The average molecular weight is 282 g/mol. The van der Waals surface area contributed by atoms with Crippen LogP contribution in [0.2, 0.25) is 0 Å². The van der Waals surface area contributed by atoms with Gasteiger partial charge in [0.1, 0.15) is 0 Å². The highest BCUT2D eigenvalue weighted by Gasteiger charge is 2.60. The van der Waals surface area contributed by atoms with Crippen molar-refractivity contribution in [2.24, 2.45) is 5.92 Å². The maximum Gasteiger partial charge on any atom is 0.407 e. The first-order valence-electron chi connectivity index (χ1n) is 5.03. The number of carbonyl (C=O) groups is 1. The number of rotatable bonds is 3. The maximum atomic E-state index is 12.2. The van der Waals surface area contributed by atoms with Crippen molar-refractivity contribution in [3.63, 3.8) is 0 Å². The van der Waals surface area contributed by atoms with Crippen molar-refractivity contribution in [1.29, 1.82) is 0 Å². The molecular formula is C12H8F6O. The van der Waals surface area contributed by atoms with Gasteiger partial charge in [-0.15, -0.1) is 0 Å².